The number of aromatic nitrogens is 2. The van der Waals surface area contributed by atoms with Gasteiger partial charge in [-0.3, -0.25) is 9.52 Å². The summed E-state index contributed by atoms with van der Waals surface area (Å²) in [5.74, 6) is -0.378. The Labute approximate surface area is 154 Å². The highest BCUT2D eigenvalue weighted by Crippen LogP contribution is 2.25. The van der Waals surface area contributed by atoms with Crippen LogP contribution in [0.25, 0.3) is 0 Å². The zero-order chi connectivity index (χ0) is 18.0. The second kappa shape index (κ2) is 7.24. The number of anilines is 1. The molecule has 0 aliphatic carbocycles. The van der Waals surface area contributed by atoms with Crippen LogP contribution in [0, 0.1) is 6.92 Å². The molecule has 1 aliphatic rings. The summed E-state index contributed by atoms with van der Waals surface area (Å²) in [5.41, 5.74) is 0.436. The third kappa shape index (κ3) is 3.92. The number of rotatable bonds is 4. The van der Waals surface area contributed by atoms with Crippen molar-refractivity contribution in [1.82, 2.24) is 14.3 Å². The van der Waals surface area contributed by atoms with Gasteiger partial charge in [-0.1, -0.05) is 17.7 Å². The van der Waals surface area contributed by atoms with Crippen LogP contribution in [0.5, 0.6) is 0 Å². The first-order chi connectivity index (χ1) is 11.9. The molecule has 8 nitrogen and oxygen atoms in total. The topological polar surface area (TPSA) is 101 Å². The van der Waals surface area contributed by atoms with E-state index >= 15 is 0 Å². The van der Waals surface area contributed by atoms with Crippen LogP contribution in [0.15, 0.2) is 23.1 Å². The van der Waals surface area contributed by atoms with Crippen LogP contribution in [-0.2, 0) is 14.8 Å². The van der Waals surface area contributed by atoms with Crippen molar-refractivity contribution in [3.63, 3.8) is 0 Å². The summed E-state index contributed by atoms with van der Waals surface area (Å²) >= 11 is 6.79. The number of amides is 1. The molecule has 1 aliphatic heterocycles. The van der Waals surface area contributed by atoms with Crippen LogP contribution >= 0.6 is 23.1 Å². The van der Waals surface area contributed by atoms with Crippen LogP contribution < -0.4 is 4.72 Å². The van der Waals surface area contributed by atoms with Gasteiger partial charge in [-0.05, 0) is 24.6 Å². The molecule has 134 valence electrons. The number of nitrogens with zero attached hydrogens (tertiary/aromatic N) is 3. The fourth-order valence-electron chi connectivity index (χ4n) is 2.31. The molecule has 0 bridgehead atoms. The third-order valence-electron chi connectivity index (χ3n) is 3.64. The SMILES string of the molecule is Cc1c(Cl)cccc1S(=O)(=O)Nc1nc(C(=O)N2CCOCC2)ns1. The average molecular weight is 403 g/mol. The van der Waals surface area contributed by atoms with Crippen molar-refractivity contribution in [2.24, 2.45) is 0 Å². The Hall–Kier alpha value is -1.75. The molecular weight excluding hydrogens is 388 g/mol. The highest BCUT2D eigenvalue weighted by Gasteiger charge is 2.24. The first-order valence-electron chi connectivity index (χ1n) is 7.37. The molecule has 1 N–H and O–H groups in total. The molecule has 3 rings (SSSR count). The molecule has 25 heavy (non-hydrogen) atoms. The molecule has 1 saturated heterocycles. The molecule has 0 radical (unpaired) electrons. The van der Waals surface area contributed by atoms with Crippen molar-refractivity contribution < 1.29 is 17.9 Å². The maximum absolute atomic E-state index is 12.5. The van der Waals surface area contributed by atoms with E-state index in [1.165, 1.54) is 6.07 Å². The summed E-state index contributed by atoms with van der Waals surface area (Å²) in [6, 6.07) is 4.61. The van der Waals surface area contributed by atoms with E-state index in [9.17, 15) is 13.2 Å². The highest BCUT2D eigenvalue weighted by atomic mass is 35.5. The number of nitrogens with one attached hydrogen (secondary N) is 1. The smallest absolute Gasteiger partial charge is 0.292 e. The normalized spacial score (nSPS) is 15.2. The van der Waals surface area contributed by atoms with Gasteiger partial charge in [0.15, 0.2) is 0 Å². The molecule has 1 aromatic carbocycles. The zero-order valence-electron chi connectivity index (χ0n) is 13.2. The molecule has 1 fully saturated rings. The largest absolute Gasteiger partial charge is 0.378 e. The summed E-state index contributed by atoms with van der Waals surface area (Å²) in [7, 11) is -3.88. The molecule has 0 saturated carbocycles. The van der Waals surface area contributed by atoms with Crippen LogP contribution in [0.1, 0.15) is 16.2 Å². The summed E-state index contributed by atoms with van der Waals surface area (Å²) in [6.45, 7) is 3.46. The Bertz CT molecular complexity index is 894. The van der Waals surface area contributed by atoms with Gasteiger partial charge in [0.2, 0.25) is 11.0 Å². The maximum atomic E-state index is 12.5. The predicted octanol–water partition coefficient (Wildman–Crippen LogP) is 1.77. The first kappa shape index (κ1) is 18.1. The molecule has 0 unspecified atom stereocenters. The summed E-state index contributed by atoms with van der Waals surface area (Å²) in [6.07, 6.45) is 0. The summed E-state index contributed by atoms with van der Waals surface area (Å²) in [4.78, 5) is 17.9. The second-order valence-corrected chi connectivity index (χ2v) is 8.11. The van der Waals surface area contributed by atoms with Crippen molar-refractivity contribution in [3.8, 4) is 0 Å². The van der Waals surface area contributed by atoms with Crippen molar-refractivity contribution >= 4 is 44.2 Å². The predicted molar refractivity (Wildman–Crippen MR) is 93.6 cm³/mol. The van der Waals surface area contributed by atoms with Gasteiger partial charge in [0.05, 0.1) is 18.1 Å². The van der Waals surface area contributed by atoms with E-state index in [-0.39, 0.29) is 21.8 Å². The van der Waals surface area contributed by atoms with E-state index in [0.717, 1.165) is 11.5 Å². The number of carbonyl (C=O) groups excluding carboxylic acids is 1. The number of hydrogen-bond donors (Lipinski definition) is 1. The Morgan fingerprint density at radius 2 is 2.08 bits per heavy atom. The van der Waals surface area contributed by atoms with Crippen LogP contribution in [0.4, 0.5) is 5.13 Å². The Kier molecular flexibility index (Phi) is 5.23. The Morgan fingerprint density at radius 1 is 1.36 bits per heavy atom. The minimum absolute atomic E-state index is 0.0241. The number of benzene rings is 1. The number of halogens is 1. The van der Waals surface area contributed by atoms with Gasteiger partial charge in [-0.25, -0.2) is 8.42 Å². The van der Waals surface area contributed by atoms with Gasteiger partial charge in [-0.2, -0.15) is 9.36 Å². The number of ether oxygens (including phenoxy) is 1. The van der Waals surface area contributed by atoms with E-state index in [1.807, 2.05) is 0 Å². The van der Waals surface area contributed by atoms with Gasteiger partial charge in [0.25, 0.3) is 15.9 Å². The fourth-order valence-corrected chi connectivity index (χ4v) is 4.59. The number of sulfonamides is 1. The molecule has 1 amide bonds. The monoisotopic (exact) mass is 402 g/mol. The lowest BCUT2D eigenvalue weighted by atomic mass is 10.2. The van der Waals surface area contributed by atoms with E-state index in [1.54, 1.807) is 24.0 Å². The second-order valence-electron chi connectivity index (χ2n) is 5.30. The minimum Gasteiger partial charge on any atom is -0.378 e. The van der Waals surface area contributed by atoms with E-state index in [2.05, 4.69) is 14.1 Å². The van der Waals surface area contributed by atoms with E-state index in [0.29, 0.717) is 36.9 Å². The number of morpholine rings is 1. The van der Waals surface area contributed by atoms with Gasteiger partial charge in [0, 0.05) is 29.6 Å². The van der Waals surface area contributed by atoms with Crippen LogP contribution in [-0.4, -0.2) is 54.9 Å². The fraction of sp³-hybridized carbons (Fsp3) is 0.357. The lowest BCUT2D eigenvalue weighted by Crippen LogP contribution is -2.41. The van der Waals surface area contributed by atoms with Gasteiger partial charge in [-0.15, -0.1) is 0 Å². The summed E-state index contributed by atoms with van der Waals surface area (Å²) < 4.78 is 36.5. The number of carbonyl (C=O) groups is 1. The lowest BCUT2D eigenvalue weighted by Gasteiger charge is -2.25. The van der Waals surface area contributed by atoms with E-state index in [4.69, 9.17) is 16.3 Å². The van der Waals surface area contributed by atoms with Crippen LogP contribution in [0.2, 0.25) is 5.02 Å². The van der Waals surface area contributed by atoms with E-state index < -0.39 is 10.0 Å². The van der Waals surface area contributed by atoms with Gasteiger partial charge >= 0.3 is 0 Å². The van der Waals surface area contributed by atoms with Crippen molar-refractivity contribution in [1.29, 1.82) is 0 Å². The Balaban J connectivity index is 1.78. The van der Waals surface area contributed by atoms with Gasteiger partial charge in [0.1, 0.15) is 0 Å². The van der Waals surface area contributed by atoms with Crippen molar-refractivity contribution in [3.05, 3.63) is 34.6 Å². The molecular formula is C14H15ClN4O4S2. The quantitative estimate of drug-likeness (QED) is 0.836. The standard InChI is InChI=1S/C14H15ClN4O4S2/c1-9-10(15)3-2-4-11(9)25(21,22)18-14-16-12(17-24-14)13(20)19-5-7-23-8-6-19/h2-4H,5-8H2,1H3,(H,16,17,18). The molecule has 0 spiro atoms. The van der Waals surface area contributed by atoms with Gasteiger partial charge < -0.3 is 9.64 Å². The molecule has 11 heteroatoms. The first-order valence-corrected chi connectivity index (χ1v) is 10.0. The average Bonchev–Trinajstić information content (AvgIpc) is 3.05. The number of hydrogen-bond acceptors (Lipinski definition) is 7. The maximum Gasteiger partial charge on any atom is 0.292 e. The van der Waals surface area contributed by atoms with Crippen molar-refractivity contribution in [2.45, 2.75) is 11.8 Å². The highest BCUT2D eigenvalue weighted by molar-refractivity contribution is 7.93. The minimum atomic E-state index is -3.88. The lowest BCUT2D eigenvalue weighted by molar-refractivity contribution is 0.0296. The molecule has 0 atom stereocenters. The van der Waals surface area contributed by atoms with Crippen molar-refractivity contribution in [2.75, 3.05) is 31.0 Å². The summed E-state index contributed by atoms with van der Waals surface area (Å²) in [5, 5.41) is 0.374. The Morgan fingerprint density at radius 3 is 2.80 bits per heavy atom. The third-order valence-corrected chi connectivity index (χ3v) is 6.30. The molecule has 2 aromatic rings. The van der Waals surface area contributed by atoms with Crippen LogP contribution in [0.3, 0.4) is 0 Å². The molecule has 2 heterocycles. The molecule has 1 aromatic heterocycles. The zero-order valence-corrected chi connectivity index (χ0v) is 15.6.